The fourth-order valence-corrected chi connectivity index (χ4v) is 2.25. The van der Waals surface area contributed by atoms with Gasteiger partial charge in [-0.15, -0.1) is 0 Å². The first-order valence-electron chi connectivity index (χ1n) is 5.41. The summed E-state index contributed by atoms with van der Waals surface area (Å²) in [4.78, 5) is 21.8. The second-order valence-electron chi connectivity index (χ2n) is 4.09. The molecule has 0 amide bonds. The Morgan fingerprint density at radius 3 is 2.50 bits per heavy atom. The first-order valence-corrected chi connectivity index (χ1v) is 8.26. The normalized spacial score (nSPS) is 11.2. The number of Topliss-reactive ketones (excluding diaryl/α,β-unsaturated/α-hetero) is 1. The Bertz CT molecular complexity index is 620. The summed E-state index contributed by atoms with van der Waals surface area (Å²) in [7, 11) is -3.26. The number of hydrogen-bond acceptors (Lipinski definition) is 6. The van der Waals surface area contributed by atoms with E-state index in [9.17, 15) is 23.3 Å². The summed E-state index contributed by atoms with van der Waals surface area (Å²) in [6, 6.07) is 2.59. The third kappa shape index (κ3) is 4.57. The largest absolute Gasteiger partial charge is 0.485 e. The average molecular weight is 366 g/mol. The molecule has 1 aromatic carbocycles. The Morgan fingerprint density at radius 2 is 2.05 bits per heavy atom. The van der Waals surface area contributed by atoms with Crippen LogP contribution in [0, 0.1) is 10.1 Å². The molecule has 0 aromatic heterocycles. The molecular formula is C11H12BrNO6S. The lowest BCUT2D eigenvalue weighted by Crippen LogP contribution is -2.14. The molecule has 7 nitrogen and oxygen atoms in total. The van der Waals surface area contributed by atoms with Crippen molar-refractivity contribution in [3.63, 3.8) is 0 Å². The molecule has 0 spiro atoms. The van der Waals surface area contributed by atoms with E-state index in [1.54, 1.807) is 0 Å². The molecule has 110 valence electrons. The molecule has 0 radical (unpaired) electrons. The van der Waals surface area contributed by atoms with Gasteiger partial charge < -0.3 is 4.74 Å². The van der Waals surface area contributed by atoms with E-state index in [0.29, 0.717) is 4.47 Å². The summed E-state index contributed by atoms with van der Waals surface area (Å²) < 4.78 is 27.6. The number of rotatable bonds is 6. The first-order chi connectivity index (χ1) is 9.11. The number of carbonyl (C=O) groups excluding carboxylic acids is 1. The third-order valence-electron chi connectivity index (χ3n) is 2.31. The minimum absolute atomic E-state index is 0.0274. The lowest BCUT2D eigenvalue weighted by molar-refractivity contribution is -0.385. The van der Waals surface area contributed by atoms with Gasteiger partial charge in [0.2, 0.25) is 5.75 Å². The number of sulfone groups is 1. The van der Waals surface area contributed by atoms with Crippen molar-refractivity contribution < 1.29 is 22.9 Å². The van der Waals surface area contributed by atoms with E-state index in [1.807, 2.05) is 0 Å². The zero-order valence-electron chi connectivity index (χ0n) is 10.8. The van der Waals surface area contributed by atoms with Gasteiger partial charge in [0.25, 0.3) is 0 Å². The molecule has 20 heavy (non-hydrogen) atoms. The summed E-state index contributed by atoms with van der Waals surface area (Å²) >= 11 is 3.08. The van der Waals surface area contributed by atoms with Gasteiger partial charge in [0.05, 0.1) is 16.2 Å². The molecule has 0 unspecified atom stereocenters. The van der Waals surface area contributed by atoms with Crippen LogP contribution in [0.2, 0.25) is 0 Å². The number of carbonyl (C=O) groups is 1. The van der Waals surface area contributed by atoms with Gasteiger partial charge in [0, 0.05) is 16.8 Å². The maximum atomic E-state index is 11.5. The molecule has 0 aliphatic rings. The van der Waals surface area contributed by atoms with Gasteiger partial charge in [-0.1, -0.05) is 15.9 Å². The summed E-state index contributed by atoms with van der Waals surface area (Å²) in [5.74, 6) is -0.921. The van der Waals surface area contributed by atoms with Crippen molar-refractivity contribution in [2.24, 2.45) is 0 Å². The number of nitro groups is 1. The Hall–Kier alpha value is -1.48. The van der Waals surface area contributed by atoms with Crippen LogP contribution in [-0.2, 0) is 9.84 Å². The van der Waals surface area contributed by atoms with Crippen molar-refractivity contribution in [2.45, 2.75) is 6.92 Å². The fourth-order valence-electron chi connectivity index (χ4n) is 1.42. The second kappa shape index (κ2) is 6.31. The Balaban J connectivity index is 3.20. The minimum Gasteiger partial charge on any atom is -0.485 e. The van der Waals surface area contributed by atoms with Crippen molar-refractivity contribution in [3.05, 3.63) is 32.3 Å². The van der Waals surface area contributed by atoms with Gasteiger partial charge in [0.15, 0.2) is 15.6 Å². The summed E-state index contributed by atoms with van der Waals surface area (Å²) in [5.41, 5.74) is -0.363. The van der Waals surface area contributed by atoms with Gasteiger partial charge in [-0.3, -0.25) is 14.9 Å². The molecule has 0 N–H and O–H groups in total. The highest BCUT2D eigenvalue weighted by atomic mass is 79.9. The van der Waals surface area contributed by atoms with Crippen molar-refractivity contribution in [1.82, 2.24) is 0 Å². The highest BCUT2D eigenvalue weighted by Gasteiger charge is 2.23. The van der Waals surface area contributed by atoms with Crippen LogP contribution in [0.4, 0.5) is 5.69 Å². The zero-order valence-corrected chi connectivity index (χ0v) is 13.2. The van der Waals surface area contributed by atoms with Gasteiger partial charge in [-0.25, -0.2) is 8.42 Å². The molecule has 0 heterocycles. The number of nitro benzene ring substituents is 1. The van der Waals surface area contributed by atoms with E-state index in [4.69, 9.17) is 4.74 Å². The Labute approximate surface area is 124 Å². The van der Waals surface area contributed by atoms with E-state index in [-0.39, 0.29) is 23.7 Å². The van der Waals surface area contributed by atoms with Crippen molar-refractivity contribution in [1.29, 1.82) is 0 Å². The lowest BCUT2D eigenvalue weighted by Gasteiger charge is -2.10. The van der Waals surface area contributed by atoms with Crippen LogP contribution in [0.1, 0.15) is 17.3 Å². The zero-order chi connectivity index (χ0) is 15.5. The lowest BCUT2D eigenvalue weighted by atomic mass is 10.1. The standard InChI is InChI=1S/C11H12BrNO6S/c1-7(14)9-5-8(12)6-10(13(15)16)11(9)19-3-4-20(2,17)18/h5-6H,3-4H2,1-2H3. The molecule has 0 saturated carbocycles. The summed E-state index contributed by atoms with van der Waals surface area (Å²) in [6.07, 6.45) is 1.03. The molecule has 9 heteroatoms. The molecule has 1 rings (SSSR count). The van der Waals surface area contributed by atoms with E-state index in [1.165, 1.54) is 19.1 Å². The Kier molecular flexibility index (Phi) is 5.23. The molecule has 0 atom stereocenters. The molecule has 0 bridgehead atoms. The molecule has 0 aliphatic heterocycles. The number of benzene rings is 1. The Morgan fingerprint density at radius 1 is 1.45 bits per heavy atom. The van der Waals surface area contributed by atoms with Crippen LogP contribution in [-0.4, -0.2) is 37.7 Å². The molecular weight excluding hydrogens is 354 g/mol. The van der Waals surface area contributed by atoms with Crippen molar-refractivity contribution >= 4 is 37.2 Å². The molecule has 0 fully saturated rings. The third-order valence-corrected chi connectivity index (χ3v) is 3.68. The van der Waals surface area contributed by atoms with Crippen molar-refractivity contribution in [3.8, 4) is 5.75 Å². The predicted molar refractivity (Wildman–Crippen MR) is 76.0 cm³/mol. The van der Waals surface area contributed by atoms with Gasteiger partial charge >= 0.3 is 5.69 Å². The van der Waals surface area contributed by atoms with Crippen LogP contribution in [0.15, 0.2) is 16.6 Å². The van der Waals surface area contributed by atoms with Crippen LogP contribution in [0.3, 0.4) is 0 Å². The number of nitrogens with zero attached hydrogens (tertiary/aromatic N) is 1. The number of halogens is 1. The van der Waals surface area contributed by atoms with Crippen LogP contribution < -0.4 is 4.74 Å². The van der Waals surface area contributed by atoms with Crippen LogP contribution in [0.5, 0.6) is 5.75 Å². The minimum atomic E-state index is -3.26. The fraction of sp³-hybridized carbons (Fsp3) is 0.364. The monoisotopic (exact) mass is 365 g/mol. The van der Waals surface area contributed by atoms with Crippen molar-refractivity contribution in [2.75, 3.05) is 18.6 Å². The SMILES string of the molecule is CC(=O)c1cc(Br)cc([N+](=O)[O-])c1OCCS(C)(=O)=O. The maximum absolute atomic E-state index is 11.5. The summed E-state index contributed by atoms with van der Waals surface area (Å²) in [6.45, 7) is 0.983. The van der Waals surface area contributed by atoms with E-state index >= 15 is 0 Å². The van der Waals surface area contributed by atoms with E-state index in [2.05, 4.69) is 15.9 Å². The predicted octanol–water partition coefficient (Wildman–Crippen LogP) is 1.98. The highest BCUT2D eigenvalue weighted by Crippen LogP contribution is 2.34. The average Bonchev–Trinajstić information content (AvgIpc) is 2.28. The van der Waals surface area contributed by atoms with E-state index in [0.717, 1.165) is 6.26 Å². The quantitative estimate of drug-likeness (QED) is 0.433. The van der Waals surface area contributed by atoms with Crippen LogP contribution >= 0.6 is 15.9 Å². The molecule has 1 aromatic rings. The van der Waals surface area contributed by atoms with Gasteiger partial charge in [-0.05, 0) is 13.0 Å². The number of hydrogen-bond donors (Lipinski definition) is 0. The topological polar surface area (TPSA) is 104 Å². The molecule has 0 saturated heterocycles. The maximum Gasteiger partial charge on any atom is 0.312 e. The smallest absolute Gasteiger partial charge is 0.312 e. The summed E-state index contributed by atoms with van der Waals surface area (Å²) in [5, 5.41) is 11.0. The molecule has 0 aliphatic carbocycles. The van der Waals surface area contributed by atoms with Gasteiger partial charge in [0.1, 0.15) is 6.61 Å². The first kappa shape index (κ1) is 16.6. The van der Waals surface area contributed by atoms with E-state index < -0.39 is 26.2 Å². The number of ketones is 1. The second-order valence-corrected chi connectivity index (χ2v) is 7.27. The van der Waals surface area contributed by atoms with Gasteiger partial charge in [-0.2, -0.15) is 0 Å². The number of ether oxygens (including phenoxy) is 1. The van der Waals surface area contributed by atoms with Crippen LogP contribution in [0.25, 0.3) is 0 Å². The highest BCUT2D eigenvalue weighted by molar-refractivity contribution is 9.10.